The predicted molar refractivity (Wildman–Crippen MR) is 83.0 cm³/mol. The second kappa shape index (κ2) is 7.16. The Bertz CT molecular complexity index is 396. The molecule has 0 atom stereocenters. The van der Waals surface area contributed by atoms with Crippen LogP contribution in [0.3, 0.4) is 0 Å². The summed E-state index contributed by atoms with van der Waals surface area (Å²) in [6.07, 6.45) is 1.03. The van der Waals surface area contributed by atoms with Crippen LogP contribution in [-0.4, -0.2) is 12.6 Å². The molecule has 0 spiro atoms. The first-order valence-corrected chi connectivity index (χ1v) is 7.30. The van der Waals surface area contributed by atoms with Gasteiger partial charge in [0.1, 0.15) is 5.75 Å². The molecule has 0 unspecified atom stereocenters. The molecule has 0 aliphatic carbocycles. The Kier molecular flexibility index (Phi) is 6.15. The summed E-state index contributed by atoms with van der Waals surface area (Å²) in [5.74, 6) is 0.932. The fraction of sp³-hybridized carbons (Fsp3) is 0.625. The summed E-state index contributed by atoms with van der Waals surface area (Å²) in [4.78, 5) is 0. The van der Waals surface area contributed by atoms with Crippen LogP contribution in [0.1, 0.15) is 46.6 Å². The monoisotopic (exact) mass is 283 g/mol. The number of nitrogens with one attached hydrogen (secondary N) is 1. The molecule has 0 radical (unpaired) electrons. The predicted octanol–water partition coefficient (Wildman–Crippen LogP) is 4.65. The van der Waals surface area contributed by atoms with Crippen molar-refractivity contribution in [2.45, 2.75) is 53.6 Å². The van der Waals surface area contributed by atoms with Gasteiger partial charge in [0, 0.05) is 23.2 Å². The van der Waals surface area contributed by atoms with Gasteiger partial charge in [-0.25, -0.2) is 0 Å². The Morgan fingerprint density at radius 1 is 1.26 bits per heavy atom. The molecule has 19 heavy (non-hydrogen) atoms. The van der Waals surface area contributed by atoms with Crippen LogP contribution in [0, 0.1) is 5.41 Å². The zero-order chi connectivity index (χ0) is 14.5. The topological polar surface area (TPSA) is 21.3 Å². The summed E-state index contributed by atoms with van der Waals surface area (Å²) < 4.78 is 5.90. The van der Waals surface area contributed by atoms with E-state index >= 15 is 0 Å². The van der Waals surface area contributed by atoms with E-state index in [4.69, 9.17) is 16.3 Å². The highest BCUT2D eigenvalue weighted by Gasteiger charge is 2.11. The van der Waals surface area contributed by atoms with E-state index < -0.39 is 0 Å². The molecule has 0 bridgehead atoms. The third kappa shape index (κ3) is 6.84. The highest BCUT2D eigenvalue weighted by atomic mass is 35.5. The molecule has 3 heteroatoms. The molecule has 2 nitrogen and oxygen atoms in total. The Hall–Kier alpha value is -0.730. The van der Waals surface area contributed by atoms with Crippen LogP contribution in [-0.2, 0) is 6.54 Å². The van der Waals surface area contributed by atoms with Gasteiger partial charge in [0.2, 0.25) is 0 Å². The fourth-order valence-corrected chi connectivity index (χ4v) is 1.80. The van der Waals surface area contributed by atoms with Crippen molar-refractivity contribution in [3.8, 4) is 5.75 Å². The summed E-state index contributed by atoms with van der Waals surface area (Å²) >= 11 is 6.06. The van der Waals surface area contributed by atoms with E-state index in [1.54, 1.807) is 0 Å². The van der Waals surface area contributed by atoms with E-state index in [0.717, 1.165) is 35.9 Å². The van der Waals surface area contributed by atoms with Crippen LogP contribution in [0.25, 0.3) is 0 Å². The molecule has 1 aromatic carbocycles. The summed E-state index contributed by atoms with van der Waals surface area (Å²) in [5.41, 5.74) is 1.41. The normalized spacial score (nSPS) is 11.9. The molecular weight excluding hydrogens is 258 g/mol. The standard InChI is InChI=1S/C16H26ClNO/c1-12(2)18-11-13-10-14(17)6-7-15(13)19-9-8-16(3,4)5/h6-7,10,12,18H,8-9,11H2,1-5H3. The number of hydrogen-bond acceptors (Lipinski definition) is 2. The summed E-state index contributed by atoms with van der Waals surface area (Å²) in [7, 11) is 0. The minimum atomic E-state index is 0.294. The van der Waals surface area contributed by atoms with Gasteiger partial charge in [-0.15, -0.1) is 0 Å². The zero-order valence-corrected chi connectivity index (χ0v) is 13.5. The van der Waals surface area contributed by atoms with Crippen molar-refractivity contribution in [1.82, 2.24) is 5.32 Å². The number of ether oxygens (including phenoxy) is 1. The van der Waals surface area contributed by atoms with Crippen LogP contribution in [0.2, 0.25) is 5.02 Å². The van der Waals surface area contributed by atoms with Crippen LogP contribution >= 0.6 is 11.6 Å². The van der Waals surface area contributed by atoms with Gasteiger partial charge in [0.25, 0.3) is 0 Å². The van der Waals surface area contributed by atoms with Gasteiger partial charge in [0.15, 0.2) is 0 Å². The molecule has 0 aromatic heterocycles. The number of benzene rings is 1. The molecule has 1 aromatic rings. The quantitative estimate of drug-likeness (QED) is 0.820. The third-order valence-electron chi connectivity index (χ3n) is 2.83. The molecule has 0 amide bonds. The smallest absolute Gasteiger partial charge is 0.123 e. The van der Waals surface area contributed by atoms with Crippen LogP contribution in [0.15, 0.2) is 18.2 Å². The maximum atomic E-state index is 6.06. The first kappa shape index (κ1) is 16.3. The van der Waals surface area contributed by atoms with Gasteiger partial charge in [-0.2, -0.15) is 0 Å². The Balaban J connectivity index is 2.65. The molecular formula is C16H26ClNO. The molecule has 1 N–H and O–H groups in total. The second-order valence-electron chi connectivity index (χ2n) is 6.45. The van der Waals surface area contributed by atoms with Gasteiger partial charge in [-0.3, -0.25) is 0 Å². The van der Waals surface area contributed by atoms with E-state index in [2.05, 4.69) is 39.9 Å². The first-order chi connectivity index (χ1) is 8.78. The van der Waals surface area contributed by atoms with Gasteiger partial charge in [-0.1, -0.05) is 46.2 Å². The van der Waals surface area contributed by atoms with Gasteiger partial charge in [-0.05, 0) is 30.0 Å². The van der Waals surface area contributed by atoms with Crippen LogP contribution in [0.5, 0.6) is 5.75 Å². The molecule has 0 aliphatic rings. The highest BCUT2D eigenvalue weighted by molar-refractivity contribution is 6.30. The van der Waals surface area contributed by atoms with E-state index in [0.29, 0.717) is 11.5 Å². The number of hydrogen-bond donors (Lipinski definition) is 1. The average Bonchev–Trinajstić information content (AvgIpc) is 2.27. The summed E-state index contributed by atoms with van der Waals surface area (Å²) in [5, 5.41) is 4.15. The lowest BCUT2D eigenvalue weighted by atomic mass is 9.93. The van der Waals surface area contributed by atoms with Crippen LogP contribution < -0.4 is 10.1 Å². The van der Waals surface area contributed by atoms with E-state index in [-0.39, 0.29) is 0 Å². The minimum Gasteiger partial charge on any atom is -0.493 e. The van der Waals surface area contributed by atoms with E-state index in [1.807, 2.05) is 18.2 Å². The van der Waals surface area contributed by atoms with Crippen molar-refractivity contribution >= 4 is 11.6 Å². The number of rotatable bonds is 6. The Morgan fingerprint density at radius 3 is 2.53 bits per heavy atom. The number of halogens is 1. The van der Waals surface area contributed by atoms with Crippen molar-refractivity contribution < 1.29 is 4.74 Å². The molecule has 1 rings (SSSR count). The molecule has 0 heterocycles. The molecule has 0 aliphatic heterocycles. The zero-order valence-electron chi connectivity index (χ0n) is 12.7. The van der Waals surface area contributed by atoms with Gasteiger partial charge >= 0.3 is 0 Å². The first-order valence-electron chi connectivity index (χ1n) is 6.92. The Labute approximate surface area is 122 Å². The van der Waals surface area contributed by atoms with E-state index in [1.165, 1.54) is 0 Å². The second-order valence-corrected chi connectivity index (χ2v) is 6.88. The van der Waals surface area contributed by atoms with Gasteiger partial charge < -0.3 is 10.1 Å². The lowest BCUT2D eigenvalue weighted by Crippen LogP contribution is -2.22. The maximum Gasteiger partial charge on any atom is 0.123 e. The van der Waals surface area contributed by atoms with Gasteiger partial charge in [0.05, 0.1) is 6.61 Å². The average molecular weight is 284 g/mol. The van der Waals surface area contributed by atoms with Crippen molar-refractivity contribution in [2.75, 3.05) is 6.61 Å². The van der Waals surface area contributed by atoms with Crippen molar-refractivity contribution in [2.24, 2.45) is 5.41 Å². The van der Waals surface area contributed by atoms with Crippen molar-refractivity contribution in [3.63, 3.8) is 0 Å². The third-order valence-corrected chi connectivity index (χ3v) is 3.07. The highest BCUT2D eigenvalue weighted by Crippen LogP contribution is 2.25. The maximum absolute atomic E-state index is 6.06. The molecule has 0 fully saturated rings. The van der Waals surface area contributed by atoms with E-state index in [9.17, 15) is 0 Å². The summed E-state index contributed by atoms with van der Waals surface area (Å²) in [6.45, 7) is 12.4. The molecule has 0 saturated heterocycles. The lowest BCUT2D eigenvalue weighted by molar-refractivity contribution is 0.241. The summed E-state index contributed by atoms with van der Waals surface area (Å²) in [6, 6.07) is 6.26. The molecule has 108 valence electrons. The lowest BCUT2D eigenvalue weighted by Gasteiger charge is -2.19. The largest absolute Gasteiger partial charge is 0.493 e. The fourth-order valence-electron chi connectivity index (χ4n) is 1.61. The molecule has 0 saturated carbocycles. The van der Waals surface area contributed by atoms with Crippen molar-refractivity contribution in [1.29, 1.82) is 0 Å². The SMILES string of the molecule is CC(C)NCc1cc(Cl)ccc1OCCC(C)(C)C. The van der Waals surface area contributed by atoms with Crippen LogP contribution in [0.4, 0.5) is 0 Å². The Morgan fingerprint density at radius 2 is 1.95 bits per heavy atom. The van der Waals surface area contributed by atoms with Crippen molar-refractivity contribution in [3.05, 3.63) is 28.8 Å². The minimum absolute atomic E-state index is 0.294.